The zero-order valence-electron chi connectivity index (χ0n) is 15.7. The largest absolute Gasteiger partial charge is 0.508 e. The minimum atomic E-state index is -0.501. The lowest BCUT2D eigenvalue weighted by atomic mass is 10.1. The number of rotatable bonds is 4. The number of carbonyl (C=O) groups is 1. The van der Waals surface area contributed by atoms with E-state index in [4.69, 9.17) is 9.15 Å². The predicted octanol–water partition coefficient (Wildman–Crippen LogP) is 4.88. The average Bonchev–Trinajstić information content (AvgIpc) is 2.76. The van der Waals surface area contributed by atoms with Crippen LogP contribution in [0.1, 0.15) is 10.4 Å². The molecule has 0 unspecified atom stereocenters. The van der Waals surface area contributed by atoms with Crippen molar-refractivity contribution in [1.29, 1.82) is 0 Å². The summed E-state index contributed by atoms with van der Waals surface area (Å²) >= 11 is 0. The Balaban J connectivity index is 1.86. The van der Waals surface area contributed by atoms with Gasteiger partial charge in [0.1, 0.15) is 22.9 Å². The van der Waals surface area contributed by atoms with E-state index < -0.39 is 17.2 Å². The maximum absolute atomic E-state index is 13.4. The van der Waals surface area contributed by atoms with Crippen LogP contribution in [0.15, 0.2) is 75.9 Å². The first-order chi connectivity index (χ1) is 14.5. The van der Waals surface area contributed by atoms with Gasteiger partial charge in [0.05, 0.1) is 18.1 Å². The number of ether oxygens (including phenoxy) is 2. The molecule has 6 nitrogen and oxygen atoms in total. The van der Waals surface area contributed by atoms with Crippen LogP contribution in [-0.2, 0) is 4.74 Å². The fourth-order valence-electron chi connectivity index (χ4n) is 2.94. The summed E-state index contributed by atoms with van der Waals surface area (Å²) in [5.74, 6) is -0.751. The molecule has 0 amide bonds. The Kier molecular flexibility index (Phi) is 4.93. The maximum atomic E-state index is 13.4. The van der Waals surface area contributed by atoms with Gasteiger partial charge in [-0.3, -0.25) is 4.79 Å². The first-order valence-electron chi connectivity index (χ1n) is 8.88. The third-order valence-electron chi connectivity index (χ3n) is 4.44. The lowest BCUT2D eigenvalue weighted by molar-refractivity contribution is 0.0600. The standard InChI is InChI=1S/C23H15FO6/c1-28-23(27)14-4-9-17(10-5-14)29-22-20(26)18-11-8-16(25)12-19(18)30-21(22)13-2-6-15(24)7-3-13/h2-12,25H,1H3. The van der Waals surface area contributed by atoms with Gasteiger partial charge in [-0.05, 0) is 60.7 Å². The van der Waals surface area contributed by atoms with Gasteiger partial charge in [-0.25, -0.2) is 9.18 Å². The second kappa shape index (κ2) is 7.71. The lowest BCUT2D eigenvalue weighted by Crippen LogP contribution is -2.07. The van der Waals surface area contributed by atoms with Crippen molar-refractivity contribution >= 4 is 16.9 Å². The first kappa shape index (κ1) is 19.2. The zero-order chi connectivity index (χ0) is 21.3. The quantitative estimate of drug-likeness (QED) is 0.486. The number of hydrogen-bond acceptors (Lipinski definition) is 6. The number of phenolic OH excluding ortho intramolecular Hbond substituents is 1. The highest BCUT2D eigenvalue weighted by molar-refractivity contribution is 5.89. The van der Waals surface area contributed by atoms with Gasteiger partial charge >= 0.3 is 5.97 Å². The number of halogens is 1. The minimum Gasteiger partial charge on any atom is -0.508 e. The average molecular weight is 406 g/mol. The summed E-state index contributed by atoms with van der Waals surface area (Å²) in [6, 6.07) is 15.5. The first-order valence-corrected chi connectivity index (χ1v) is 8.88. The summed E-state index contributed by atoms with van der Waals surface area (Å²) in [6.45, 7) is 0. The Bertz CT molecular complexity index is 1290. The molecule has 0 atom stereocenters. The molecule has 0 bridgehead atoms. The Morgan fingerprint density at radius 2 is 1.70 bits per heavy atom. The van der Waals surface area contributed by atoms with Crippen molar-refractivity contribution in [1.82, 2.24) is 0 Å². The second-order valence-electron chi connectivity index (χ2n) is 6.39. The molecule has 3 aromatic carbocycles. The van der Waals surface area contributed by atoms with Crippen LogP contribution >= 0.6 is 0 Å². The Morgan fingerprint density at radius 3 is 2.37 bits per heavy atom. The maximum Gasteiger partial charge on any atom is 0.337 e. The number of hydrogen-bond donors (Lipinski definition) is 1. The molecule has 150 valence electrons. The fourth-order valence-corrected chi connectivity index (χ4v) is 2.94. The molecule has 7 heteroatoms. The molecule has 0 saturated heterocycles. The van der Waals surface area contributed by atoms with Crippen LogP contribution in [0.3, 0.4) is 0 Å². The molecule has 0 radical (unpaired) electrons. The SMILES string of the molecule is COC(=O)c1ccc(Oc2c(-c3ccc(F)cc3)oc3cc(O)ccc3c2=O)cc1. The van der Waals surface area contributed by atoms with Crippen molar-refractivity contribution in [2.24, 2.45) is 0 Å². The van der Waals surface area contributed by atoms with Gasteiger partial charge in [-0.1, -0.05) is 0 Å². The molecule has 1 N–H and O–H groups in total. The van der Waals surface area contributed by atoms with Crippen molar-refractivity contribution in [3.05, 3.63) is 88.3 Å². The molecule has 1 heterocycles. The van der Waals surface area contributed by atoms with E-state index in [1.807, 2.05) is 0 Å². The molecule has 0 aliphatic carbocycles. The molecule has 0 fully saturated rings. The highest BCUT2D eigenvalue weighted by atomic mass is 19.1. The van der Waals surface area contributed by atoms with Crippen LogP contribution < -0.4 is 10.2 Å². The van der Waals surface area contributed by atoms with Crippen LogP contribution in [0, 0.1) is 5.82 Å². The molecular formula is C23H15FO6. The smallest absolute Gasteiger partial charge is 0.337 e. The summed E-state index contributed by atoms with van der Waals surface area (Å²) in [6.07, 6.45) is 0. The van der Waals surface area contributed by atoms with E-state index in [1.54, 1.807) is 0 Å². The molecule has 1 aromatic heterocycles. The summed E-state index contributed by atoms with van der Waals surface area (Å²) in [7, 11) is 1.28. The molecule has 4 rings (SSSR count). The number of methoxy groups -OCH3 is 1. The number of esters is 1. The molecule has 0 aliphatic rings. The van der Waals surface area contributed by atoms with E-state index in [9.17, 15) is 19.1 Å². The highest BCUT2D eigenvalue weighted by Gasteiger charge is 2.19. The predicted molar refractivity (Wildman–Crippen MR) is 107 cm³/mol. The zero-order valence-corrected chi connectivity index (χ0v) is 15.7. The summed E-state index contributed by atoms with van der Waals surface area (Å²) in [4.78, 5) is 24.7. The number of carbonyl (C=O) groups excluding carboxylic acids is 1. The van der Waals surface area contributed by atoms with Gasteiger partial charge in [-0.15, -0.1) is 0 Å². The van der Waals surface area contributed by atoms with Gasteiger partial charge in [0.2, 0.25) is 11.2 Å². The molecule has 0 saturated carbocycles. The van der Waals surface area contributed by atoms with E-state index in [-0.39, 0.29) is 34.0 Å². The van der Waals surface area contributed by atoms with Crippen molar-refractivity contribution in [3.8, 4) is 28.6 Å². The normalized spacial score (nSPS) is 10.7. The fraction of sp³-hybridized carbons (Fsp3) is 0.0435. The van der Waals surface area contributed by atoms with Crippen LogP contribution in [0.25, 0.3) is 22.3 Å². The minimum absolute atomic E-state index is 0.0669. The van der Waals surface area contributed by atoms with Crippen LogP contribution in [0.2, 0.25) is 0 Å². The van der Waals surface area contributed by atoms with E-state index in [2.05, 4.69) is 4.74 Å². The van der Waals surface area contributed by atoms with Crippen molar-refractivity contribution < 1.29 is 28.2 Å². The van der Waals surface area contributed by atoms with Crippen molar-refractivity contribution in [2.75, 3.05) is 7.11 Å². The highest BCUT2D eigenvalue weighted by Crippen LogP contribution is 2.34. The topological polar surface area (TPSA) is 86.0 Å². The van der Waals surface area contributed by atoms with E-state index in [0.717, 1.165) is 0 Å². The Morgan fingerprint density at radius 1 is 1.00 bits per heavy atom. The van der Waals surface area contributed by atoms with Gasteiger partial charge in [0, 0.05) is 11.6 Å². The number of phenols is 1. The van der Waals surface area contributed by atoms with E-state index >= 15 is 0 Å². The summed E-state index contributed by atoms with van der Waals surface area (Å²) in [5.41, 5.74) is 0.435. The lowest BCUT2D eigenvalue weighted by Gasteiger charge is -2.12. The van der Waals surface area contributed by atoms with Crippen LogP contribution in [0.4, 0.5) is 4.39 Å². The molecular weight excluding hydrogens is 391 g/mol. The monoisotopic (exact) mass is 406 g/mol. The molecule has 4 aromatic rings. The Labute approximate surface area is 169 Å². The van der Waals surface area contributed by atoms with E-state index in [0.29, 0.717) is 11.1 Å². The molecule has 0 aliphatic heterocycles. The second-order valence-corrected chi connectivity index (χ2v) is 6.39. The van der Waals surface area contributed by atoms with Crippen molar-refractivity contribution in [3.63, 3.8) is 0 Å². The number of benzene rings is 3. The number of aromatic hydroxyl groups is 1. The van der Waals surface area contributed by atoms with Crippen LogP contribution in [0.5, 0.6) is 17.2 Å². The van der Waals surface area contributed by atoms with Gasteiger partial charge in [0.25, 0.3) is 0 Å². The van der Waals surface area contributed by atoms with Gasteiger partial charge in [-0.2, -0.15) is 0 Å². The van der Waals surface area contributed by atoms with Crippen LogP contribution in [-0.4, -0.2) is 18.2 Å². The van der Waals surface area contributed by atoms with Crippen molar-refractivity contribution in [2.45, 2.75) is 0 Å². The Hall–Kier alpha value is -4.13. The van der Waals surface area contributed by atoms with Gasteiger partial charge < -0.3 is 19.0 Å². The third kappa shape index (κ3) is 3.60. The third-order valence-corrected chi connectivity index (χ3v) is 4.44. The van der Waals surface area contributed by atoms with Gasteiger partial charge in [0.15, 0.2) is 5.76 Å². The number of fused-ring (bicyclic) bond motifs is 1. The van der Waals surface area contributed by atoms with E-state index in [1.165, 1.54) is 73.8 Å². The molecule has 30 heavy (non-hydrogen) atoms. The molecule has 0 spiro atoms. The summed E-state index contributed by atoms with van der Waals surface area (Å²) in [5, 5.41) is 9.94. The summed E-state index contributed by atoms with van der Waals surface area (Å²) < 4.78 is 29.7.